The molecule has 2 aromatic carbocycles. The zero-order valence-corrected chi connectivity index (χ0v) is 27.6. The summed E-state index contributed by atoms with van der Waals surface area (Å²) >= 11 is 5.99. The first kappa shape index (κ1) is 36.7. The van der Waals surface area contributed by atoms with Crippen molar-refractivity contribution < 1.29 is 32.3 Å². The van der Waals surface area contributed by atoms with Crippen molar-refractivity contribution in [3.05, 3.63) is 64.2 Å². The third-order valence-corrected chi connectivity index (χ3v) is 10.3. The first-order valence-corrected chi connectivity index (χ1v) is 17.1. The number of amides is 4. The number of fused-ring (bicyclic) bond motifs is 1. The fourth-order valence-electron chi connectivity index (χ4n) is 7.29. The lowest BCUT2D eigenvalue weighted by Gasteiger charge is -2.41. The highest BCUT2D eigenvalue weighted by molar-refractivity contribution is 6.31. The highest BCUT2D eigenvalue weighted by atomic mass is 35.5. The van der Waals surface area contributed by atoms with Gasteiger partial charge in [0.1, 0.15) is 0 Å². The fraction of sp³-hybridized carbons (Fsp3) is 0.571. The number of piperazine rings is 1. The van der Waals surface area contributed by atoms with Crippen LogP contribution in [0.25, 0.3) is 0 Å². The molecule has 4 aliphatic heterocycles. The molecule has 4 amide bonds. The van der Waals surface area contributed by atoms with Crippen LogP contribution < -0.4 is 10.6 Å². The van der Waals surface area contributed by atoms with Crippen LogP contribution in [0.4, 0.5) is 28.4 Å². The number of rotatable bonds is 6. The van der Waals surface area contributed by atoms with Crippen molar-refractivity contribution in [2.45, 2.75) is 70.3 Å². The summed E-state index contributed by atoms with van der Waals surface area (Å²) in [5.74, 6) is -0.375. The van der Waals surface area contributed by atoms with E-state index in [1.54, 1.807) is 4.90 Å². The Bertz CT molecular complexity index is 1470. The molecule has 14 heteroatoms. The molecule has 0 saturated carbocycles. The van der Waals surface area contributed by atoms with Crippen LogP contribution in [0.5, 0.6) is 0 Å². The van der Waals surface area contributed by atoms with Gasteiger partial charge in [0, 0.05) is 70.0 Å². The number of hydrogen-bond acceptors (Lipinski definition) is 6. The number of carbonyl (C=O) groups excluding carboxylic acids is 3. The average molecular weight is 707 g/mol. The number of para-hydroxylation sites is 1. The lowest BCUT2D eigenvalue weighted by molar-refractivity contribution is -0.143. The quantitative estimate of drug-likeness (QED) is 0.413. The number of nitrogens with zero attached hydrogens (tertiary/aromatic N) is 4. The predicted octanol–water partition coefficient (Wildman–Crippen LogP) is 5.49. The van der Waals surface area contributed by atoms with E-state index in [9.17, 15) is 27.6 Å². The largest absolute Gasteiger partial charge is 0.436 e. The lowest BCUT2D eigenvalue weighted by atomic mass is 10.0. The summed E-state index contributed by atoms with van der Waals surface area (Å²) in [5, 5.41) is 5.89. The molecular formula is C35H46ClF3N6O4. The number of carbonyl (C=O) groups is 3. The molecule has 0 unspecified atom stereocenters. The Morgan fingerprint density at radius 1 is 0.898 bits per heavy atom. The third-order valence-electron chi connectivity index (χ3n) is 10.0. The van der Waals surface area contributed by atoms with Gasteiger partial charge >= 0.3 is 18.3 Å². The van der Waals surface area contributed by atoms with E-state index in [1.807, 2.05) is 29.2 Å². The third kappa shape index (κ3) is 8.79. The van der Waals surface area contributed by atoms with E-state index < -0.39 is 29.0 Å². The molecule has 268 valence electrons. The second-order valence-corrected chi connectivity index (χ2v) is 13.4. The van der Waals surface area contributed by atoms with Gasteiger partial charge in [-0.2, -0.15) is 13.2 Å². The predicted molar refractivity (Wildman–Crippen MR) is 182 cm³/mol. The summed E-state index contributed by atoms with van der Waals surface area (Å²) in [4.78, 5) is 47.9. The van der Waals surface area contributed by atoms with Gasteiger partial charge in [-0.05, 0) is 74.5 Å². The monoisotopic (exact) mass is 706 g/mol. The molecule has 0 spiro atoms. The van der Waals surface area contributed by atoms with Crippen molar-refractivity contribution in [1.29, 1.82) is 0 Å². The van der Waals surface area contributed by atoms with Gasteiger partial charge in [-0.15, -0.1) is 0 Å². The van der Waals surface area contributed by atoms with E-state index >= 15 is 0 Å². The van der Waals surface area contributed by atoms with Gasteiger partial charge in [0.2, 0.25) is 0 Å². The SMILES string of the molecule is C.O=C(O[C@H](Cc1ccc(C(F)(F)F)c(Cl)c1)C(=O)N1CCN(C2CCNCC2)CC1)N1CCC(N2CCc3ccccc3NC2=O)CC1. The molecule has 0 aliphatic carbocycles. The van der Waals surface area contributed by atoms with Crippen molar-refractivity contribution in [2.75, 3.05) is 64.2 Å². The molecule has 0 radical (unpaired) electrons. The minimum absolute atomic E-state index is 0. The molecule has 10 nitrogen and oxygen atoms in total. The summed E-state index contributed by atoms with van der Waals surface area (Å²) in [7, 11) is 0. The van der Waals surface area contributed by atoms with E-state index in [-0.39, 0.29) is 31.8 Å². The molecule has 3 fully saturated rings. The van der Waals surface area contributed by atoms with Gasteiger partial charge < -0.3 is 30.1 Å². The molecule has 3 saturated heterocycles. The zero-order chi connectivity index (χ0) is 33.8. The average Bonchev–Trinajstić information content (AvgIpc) is 3.25. The lowest BCUT2D eigenvalue weighted by Crippen LogP contribution is -2.56. The summed E-state index contributed by atoms with van der Waals surface area (Å²) in [5.41, 5.74) is 1.28. The van der Waals surface area contributed by atoms with E-state index in [0.717, 1.165) is 49.7 Å². The number of halogens is 4. The van der Waals surface area contributed by atoms with E-state index in [0.29, 0.717) is 70.3 Å². The summed E-state index contributed by atoms with van der Waals surface area (Å²) in [6, 6.07) is 11.3. The Morgan fingerprint density at radius 3 is 2.27 bits per heavy atom. The van der Waals surface area contributed by atoms with Gasteiger partial charge in [0.05, 0.1) is 10.6 Å². The van der Waals surface area contributed by atoms with Gasteiger partial charge in [-0.25, -0.2) is 9.59 Å². The number of anilines is 1. The number of hydrogen-bond donors (Lipinski definition) is 2. The Kier molecular flexibility index (Phi) is 12.0. The van der Waals surface area contributed by atoms with Crippen molar-refractivity contribution in [3.63, 3.8) is 0 Å². The highest BCUT2D eigenvalue weighted by Crippen LogP contribution is 2.35. The second-order valence-electron chi connectivity index (χ2n) is 13.0. The summed E-state index contributed by atoms with van der Waals surface area (Å²) in [6.07, 6.45) is -2.70. The minimum atomic E-state index is -4.62. The highest BCUT2D eigenvalue weighted by Gasteiger charge is 2.37. The van der Waals surface area contributed by atoms with Crippen molar-refractivity contribution >= 4 is 35.3 Å². The van der Waals surface area contributed by atoms with Gasteiger partial charge in [-0.3, -0.25) is 9.69 Å². The van der Waals surface area contributed by atoms with Crippen molar-refractivity contribution in [1.82, 2.24) is 24.9 Å². The van der Waals surface area contributed by atoms with Crippen molar-refractivity contribution in [2.24, 2.45) is 0 Å². The van der Waals surface area contributed by atoms with Crippen LogP contribution in [0, 0.1) is 0 Å². The molecule has 4 heterocycles. The first-order chi connectivity index (χ1) is 23.1. The summed E-state index contributed by atoms with van der Waals surface area (Å²) in [6.45, 7) is 5.51. The number of urea groups is 1. The topological polar surface area (TPSA) is 97.5 Å². The molecular weight excluding hydrogens is 661 g/mol. The molecule has 2 aromatic rings. The Morgan fingerprint density at radius 2 is 1.59 bits per heavy atom. The van der Waals surface area contributed by atoms with Crippen molar-refractivity contribution in [3.8, 4) is 0 Å². The maximum absolute atomic E-state index is 13.9. The smallest absolute Gasteiger partial charge is 0.417 e. The molecule has 0 bridgehead atoms. The summed E-state index contributed by atoms with van der Waals surface area (Å²) < 4.78 is 45.9. The second kappa shape index (κ2) is 16.0. The van der Waals surface area contributed by atoms with Gasteiger partial charge in [-0.1, -0.05) is 43.3 Å². The Hall–Kier alpha value is -3.55. The normalized spacial score (nSPS) is 20.5. The van der Waals surface area contributed by atoms with Crippen LogP contribution in [0.15, 0.2) is 42.5 Å². The molecule has 4 aliphatic rings. The number of benzene rings is 2. The van der Waals surface area contributed by atoms with E-state index in [4.69, 9.17) is 16.3 Å². The minimum Gasteiger partial charge on any atom is -0.436 e. The van der Waals surface area contributed by atoms with Crippen LogP contribution in [0.3, 0.4) is 0 Å². The van der Waals surface area contributed by atoms with E-state index in [2.05, 4.69) is 15.5 Å². The fourth-order valence-corrected chi connectivity index (χ4v) is 7.60. The maximum atomic E-state index is 13.9. The number of nitrogens with one attached hydrogen (secondary N) is 2. The number of alkyl halides is 3. The molecule has 1 atom stereocenters. The molecule has 49 heavy (non-hydrogen) atoms. The molecule has 2 N–H and O–H groups in total. The standard InChI is InChI=1S/C34H42ClF3N6O4.CH4/c35-28-21-23(5-6-27(28)34(36,37)38)22-30(31(45)42-19-17-41(18-20-42)25-7-12-39-13-8-25)48-33(47)43-14-10-26(11-15-43)44-16-9-24-3-1-2-4-29(24)40-32(44)46;/h1-6,21,25-26,30,39H,7-20,22H2,(H,40,46);1H4/t30-;/m1./s1. The Labute approximate surface area is 290 Å². The number of likely N-dealkylation sites (tertiary alicyclic amines) is 1. The van der Waals surface area contributed by atoms with Crippen LogP contribution in [0.2, 0.25) is 5.02 Å². The van der Waals surface area contributed by atoms with Gasteiger partial charge in [0.15, 0.2) is 6.10 Å². The number of ether oxygens (including phenoxy) is 1. The van der Waals surface area contributed by atoms with Crippen LogP contribution in [0.1, 0.15) is 49.8 Å². The van der Waals surface area contributed by atoms with Crippen LogP contribution in [-0.4, -0.2) is 115 Å². The van der Waals surface area contributed by atoms with Gasteiger partial charge in [0.25, 0.3) is 5.91 Å². The van der Waals surface area contributed by atoms with E-state index in [1.165, 1.54) is 17.0 Å². The maximum Gasteiger partial charge on any atom is 0.417 e. The Balaban J connectivity index is 0.00000468. The first-order valence-electron chi connectivity index (χ1n) is 16.8. The van der Waals surface area contributed by atoms with Crippen LogP contribution >= 0.6 is 11.6 Å². The molecule has 6 rings (SSSR count). The number of piperidine rings is 2. The molecule has 0 aromatic heterocycles. The zero-order valence-electron chi connectivity index (χ0n) is 26.8. The van der Waals surface area contributed by atoms with Crippen LogP contribution in [-0.2, 0) is 28.5 Å².